The predicted octanol–water partition coefficient (Wildman–Crippen LogP) is 1.16. The minimum Gasteiger partial charge on any atom is -0.468 e. The van der Waals surface area contributed by atoms with Gasteiger partial charge in [-0.2, -0.15) is 0 Å². The van der Waals surface area contributed by atoms with E-state index in [1.807, 2.05) is 0 Å². The third-order valence-corrected chi connectivity index (χ3v) is 4.33. The first kappa shape index (κ1) is 12.8. The second kappa shape index (κ2) is 5.36. The van der Waals surface area contributed by atoms with Crippen LogP contribution in [0.15, 0.2) is 0 Å². The summed E-state index contributed by atoms with van der Waals surface area (Å²) in [4.78, 5) is 14.6. The first-order chi connectivity index (χ1) is 8.24. The number of esters is 1. The highest BCUT2D eigenvalue weighted by Crippen LogP contribution is 2.33. The van der Waals surface area contributed by atoms with Gasteiger partial charge < -0.3 is 10.1 Å². The van der Waals surface area contributed by atoms with Crippen LogP contribution in [0.4, 0.5) is 0 Å². The molecule has 0 aromatic rings. The van der Waals surface area contributed by atoms with Crippen LogP contribution >= 0.6 is 0 Å². The molecule has 17 heavy (non-hydrogen) atoms. The van der Waals surface area contributed by atoms with Gasteiger partial charge in [0.2, 0.25) is 0 Å². The maximum atomic E-state index is 12.2. The highest BCUT2D eigenvalue weighted by Gasteiger charge is 2.50. The van der Waals surface area contributed by atoms with Crippen molar-refractivity contribution in [3.8, 4) is 0 Å². The third kappa shape index (κ3) is 2.20. The summed E-state index contributed by atoms with van der Waals surface area (Å²) < 4.78 is 5.06. The van der Waals surface area contributed by atoms with Gasteiger partial charge in [0.25, 0.3) is 0 Å². The number of piperidine rings is 1. The topological polar surface area (TPSA) is 41.6 Å². The monoisotopic (exact) mass is 240 g/mol. The van der Waals surface area contributed by atoms with E-state index in [0.717, 1.165) is 38.9 Å². The molecule has 1 N–H and O–H groups in total. The van der Waals surface area contributed by atoms with Crippen LogP contribution in [0.3, 0.4) is 0 Å². The number of likely N-dealkylation sites (N-methyl/N-ethyl adjacent to an activating group) is 1. The lowest BCUT2D eigenvalue weighted by Crippen LogP contribution is -2.64. The smallest absolute Gasteiger partial charge is 0.327 e. The fourth-order valence-corrected chi connectivity index (χ4v) is 3.47. The van der Waals surface area contributed by atoms with E-state index in [-0.39, 0.29) is 5.97 Å². The normalized spacial score (nSPS) is 34.8. The molecular weight excluding hydrogens is 216 g/mol. The van der Waals surface area contributed by atoms with Crippen LogP contribution in [-0.4, -0.2) is 49.2 Å². The molecule has 0 spiro atoms. The van der Waals surface area contributed by atoms with E-state index < -0.39 is 5.54 Å². The van der Waals surface area contributed by atoms with Crippen molar-refractivity contribution >= 4 is 5.97 Å². The minimum absolute atomic E-state index is 0.0691. The SMILES string of the molecule is CCN1CCCCC1C1(C(=O)OC)CCCN1. The number of nitrogens with one attached hydrogen (secondary N) is 1. The Morgan fingerprint density at radius 2 is 2.29 bits per heavy atom. The molecule has 2 fully saturated rings. The van der Waals surface area contributed by atoms with E-state index in [1.165, 1.54) is 20.0 Å². The Balaban J connectivity index is 2.22. The molecule has 2 saturated heterocycles. The molecule has 2 atom stereocenters. The molecule has 98 valence electrons. The summed E-state index contributed by atoms with van der Waals surface area (Å²) in [6, 6.07) is 0.316. The Labute approximate surface area is 104 Å². The van der Waals surface area contributed by atoms with Crippen LogP contribution in [0.25, 0.3) is 0 Å². The van der Waals surface area contributed by atoms with Crippen molar-refractivity contribution in [1.82, 2.24) is 10.2 Å². The molecule has 0 bridgehead atoms. The van der Waals surface area contributed by atoms with Gasteiger partial charge in [-0.15, -0.1) is 0 Å². The van der Waals surface area contributed by atoms with E-state index in [2.05, 4.69) is 17.1 Å². The summed E-state index contributed by atoms with van der Waals surface area (Å²) in [6.07, 6.45) is 5.57. The van der Waals surface area contributed by atoms with Crippen molar-refractivity contribution in [3.63, 3.8) is 0 Å². The summed E-state index contributed by atoms with van der Waals surface area (Å²) in [5.74, 6) is -0.0691. The van der Waals surface area contributed by atoms with Crippen molar-refractivity contribution in [2.45, 2.75) is 50.6 Å². The maximum absolute atomic E-state index is 12.2. The molecule has 2 rings (SSSR count). The number of ether oxygens (including phenoxy) is 1. The van der Waals surface area contributed by atoms with Crippen molar-refractivity contribution in [2.24, 2.45) is 0 Å². The van der Waals surface area contributed by atoms with Crippen LogP contribution in [0.5, 0.6) is 0 Å². The van der Waals surface area contributed by atoms with Crippen LogP contribution in [0.1, 0.15) is 39.0 Å². The first-order valence-electron chi connectivity index (χ1n) is 6.82. The van der Waals surface area contributed by atoms with E-state index in [9.17, 15) is 4.79 Å². The molecule has 2 heterocycles. The quantitative estimate of drug-likeness (QED) is 0.752. The van der Waals surface area contributed by atoms with Crippen LogP contribution in [0.2, 0.25) is 0 Å². The van der Waals surface area contributed by atoms with Gasteiger partial charge in [0, 0.05) is 6.04 Å². The van der Waals surface area contributed by atoms with Gasteiger partial charge in [0.1, 0.15) is 5.54 Å². The number of nitrogens with zero attached hydrogens (tertiary/aromatic N) is 1. The number of methoxy groups -OCH3 is 1. The Hall–Kier alpha value is -0.610. The van der Waals surface area contributed by atoms with Gasteiger partial charge in [0.15, 0.2) is 0 Å². The first-order valence-corrected chi connectivity index (χ1v) is 6.82. The van der Waals surface area contributed by atoms with Gasteiger partial charge in [-0.1, -0.05) is 13.3 Å². The third-order valence-electron chi connectivity index (χ3n) is 4.33. The number of rotatable bonds is 3. The van der Waals surface area contributed by atoms with E-state index in [4.69, 9.17) is 4.74 Å². The molecule has 0 aromatic carbocycles. The molecule has 0 aliphatic carbocycles. The fourth-order valence-electron chi connectivity index (χ4n) is 3.47. The van der Waals surface area contributed by atoms with Crippen molar-refractivity contribution in [3.05, 3.63) is 0 Å². The van der Waals surface area contributed by atoms with Crippen molar-refractivity contribution in [1.29, 1.82) is 0 Å². The Morgan fingerprint density at radius 1 is 1.47 bits per heavy atom. The number of hydrogen-bond donors (Lipinski definition) is 1. The summed E-state index contributed by atoms with van der Waals surface area (Å²) in [5, 5.41) is 3.44. The molecule has 0 amide bonds. The average molecular weight is 240 g/mol. The van der Waals surface area contributed by atoms with Gasteiger partial charge in [0.05, 0.1) is 7.11 Å². The molecular formula is C13H24N2O2. The Bertz CT molecular complexity index is 275. The van der Waals surface area contributed by atoms with Gasteiger partial charge in [-0.05, 0) is 45.3 Å². The zero-order chi connectivity index (χ0) is 12.3. The summed E-state index contributed by atoms with van der Waals surface area (Å²) in [7, 11) is 1.50. The van der Waals surface area contributed by atoms with Crippen LogP contribution in [-0.2, 0) is 9.53 Å². The highest BCUT2D eigenvalue weighted by molar-refractivity contribution is 5.82. The average Bonchev–Trinajstić information content (AvgIpc) is 2.88. The summed E-state index contributed by atoms with van der Waals surface area (Å²) >= 11 is 0. The predicted molar refractivity (Wildman–Crippen MR) is 66.9 cm³/mol. The molecule has 0 radical (unpaired) electrons. The van der Waals surface area contributed by atoms with Crippen LogP contribution < -0.4 is 5.32 Å². The fraction of sp³-hybridized carbons (Fsp3) is 0.923. The van der Waals surface area contributed by atoms with E-state index in [1.54, 1.807) is 0 Å². The van der Waals surface area contributed by atoms with Gasteiger partial charge in [-0.3, -0.25) is 4.90 Å². The molecule has 4 nitrogen and oxygen atoms in total. The number of carbonyl (C=O) groups excluding carboxylic acids is 1. The van der Waals surface area contributed by atoms with Gasteiger partial charge >= 0.3 is 5.97 Å². The van der Waals surface area contributed by atoms with E-state index >= 15 is 0 Å². The molecule has 0 aromatic heterocycles. The second-order valence-corrected chi connectivity index (χ2v) is 5.13. The lowest BCUT2D eigenvalue weighted by Gasteiger charge is -2.44. The minimum atomic E-state index is -0.439. The number of hydrogen-bond acceptors (Lipinski definition) is 4. The van der Waals surface area contributed by atoms with Gasteiger partial charge in [-0.25, -0.2) is 4.79 Å². The summed E-state index contributed by atoms with van der Waals surface area (Å²) in [5.41, 5.74) is -0.439. The summed E-state index contributed by atoms with van der Waals surface area (Å²) in [6.45, 7) is 5.24. The molecule has 4 heteroatoms. The Morgan fingerprint density at radius 3 is 2.88 bits per heavy atom. The lowest BCUT2D eigenvalue weighted by atomic mass is 9.82. The molecule has 0 saturated carbocycles. The number of carbonyl (C=O) groups is 1. The number of likely N-dealkylation sites (tertiary alicyclic amines) is 1. The molecule has 2 aliphatic heterocycles. The van der Waals surface area contributed by atoms with Crippen molar-refractivity contribution in [2.75, 3.05) is 26.7 Å². The maximum Gasteiger partial charge on any atom is 0.327 e. The molecule has 2 unspecified atom stereocenters. The lowest BCUT2D eigenvalue weighted by molar-refractivity contribution is -0.152. The standard InChI is InChI=1S/C13H24N2O2/c1-3-15-10-5-4-7-11(15)13(12(16)17-2)8-6-9-14-13/h11,14H,3-10H2,1-2H3. The molecule has 2 aliphatic rings. The zero-order valence-corrected chi connectivity index (χ0v) is 11.0. The highest BCUT2D eigenvalue weighted by atomic mass is 16.5. The zero-order valence-electron chi connectivity index (χ0n) is 11.0. The van der Waals surface area contributed by atoms with E-state index in [0.29, 0.717) is 6.04 Å². The second-order valence-electron chi connectivity index (χ2n) is 5.13. The largest absolute Gasteiger partial charge is 0.468 e. The van der Waals surface area contributed by atoms with Crippen molar-refractivity contribution < 1.29 is 9.53 Å². The Kier molecular flexibility index (Phi) is 4.05. The van der Waals surface area contributed by atoms with Crippen LogP contribution in [0, 0.1) is 0 Å².